The molecule has 3 aromatic rings. The van der Waals surface area contributed by atoms with Crippen LogP contribution in [0.25, 0.3) is 0 Å². The van der Waals surface area contributed by atoms with E-state index >= 15 is 0 Å². The zero-order valence-corrected chi connectivity index (χ0v) is 17.9. The molecule has 0 saturated heterocycles. The molecule has 1 atom stereocenters. The smallest absolute Gasteiger partial charge is 0.303 e. The molecule has 3 aromatic heterocycles. The standard InChI is InChI=1S/C23H26N4O5/c1-30-20-7-5-16(14-25-20)17(12-22(28)29)11-19-13-21(27-32-19)31-10-8-18-6-4-15-3-2-9-24-23(15)26-18/h4-7,13-14,17H,2-3,8-12H2,1H3,(H,24,26)(H,28,29). The van der Waals surface area contributed by atoms with E-state index in [9.17, 15) is 9.90 Å². The van der Waals surface area contributed by atoms with Gasteiger partial charge in [0.25, 0.3) is 5.88 Å². The molecule has 168 valence electrons. The maximum atomic E-state index is 11.3. The van der Waals surface area contributed by atoms with Gasteiger partial charge in [0, 0.05) is 49.3 Å². The van der Waals surface area contributed by atoms with Crippen LogP contribution in [-0.4, -0.2) is 46.5 Å². The van der Waals surface area contributed by atoms with Crippen molar-refractivity contribution in [3.8, 4) is 11.8 Å². The number of aliphatic carboxylic acids is 1. The molecule has 9 nitrogen and oxygen atoms in total. The summed E-state index contributed by atoms with van der Waals surface area (Å²) in [4.78, 5) is 20.2. The number of ether oxygens (including phenoxy) is 2. The molecule has 2 N–H and O–H groups in total. The molecule has 4 heterocycles. The van der Waals surface area contributed by atoms with Crippen molar-refractivity contribution >= 4 is 11.8 Å². The summed E-state index contributed by atoms with van der Waals surface area (Å²) in [7, 11) is 1.53. The minimum atomic E-state index is -0.895. The van der Waals surface area contributed by atoms with E-state index in [1.165, 1.54) is 12.7 Å². The Kier molecular flexibility index (Phi) is 6.84. The number of pyridine rings is 2. The fourth-order valence-corrected chi connectivity index (χ4v) is 3.74. The highest BCUT2D eigenvalue weighted by molar-refractivity contribution is 5.68. The van der Waals surface area contributed by atoms with Crippen molar-refractivity contribution in [2.75, 3.05) is 25.6 Å². The molecule has 0 radical (unpaired) electrons. The van der Waals surface area contributed by atoms with Gasteiger partial charge in [-0.25, -0.2) is 9.97 Å². The van der Waals surface area contributed by atoms with E-state index in [1.807, 2.05) is 12.1 Å². The van der Waals surface area contributed by atoms with Crippen LogP contribution in [0.4, 0.5) is 5.82 Å². The Bertz CT molecular complexity index is 1050. The quantitative estimate of drug-likeness (QED) is 0.491. The first kappa shape index (κ1) is 21.6. The lowest BCUT2D eigenvalue weighted by atomic mass is 9.93. The molecule has 0 fully saturated rings. The molecule has 4 rings (SSSR count). The Morgan fingerprint density at radius 3 is 2.97 bits per heavy atom. The van der Waals surface area contributed by atoms with Crippen molar-refractivity contribution in [3.63, 3.8) is 0 Å². The third-order valence-electron chi connectivity index (χ3n) is 5.41. The second-order valence-electron chi connectivity index (χ2n) is 7.70. The molecule has 1 aliphatic rings. The highest BCUT2D eigenvalue weighted by atomic mass is 16.5. The number of nitrogens with one attached hydrogen (secondary N) is 1. The number of carboxylic acids is 1. The van der Waals surface area contributed by atoms with E-state index in [0.29, 0.717) is 37.0 Å². The van der Waals surface area contributed by atoms with Crippen molar-refractivity contribution in [2.45, 2.75) is 38.0 Å². The van der Waals surface area contributed by atoms with Gasteiger partial charge in [-0.3, -0.25) is 4.79 Å². The number of nitrogens with zero attached hydrogens (tertiary/aromatic N) is 3. The van der Waals surface area contributed by atoms with Crippen LogP contribution in [0.2, 0.25) is 0 Å². The number of hydrogen-bond acceptors (Lipinski definition) is 8. The van der Waals surface area contributed by atoms with E-state index in [0.717, 1.165) is 36.5 Å². The summed E-state index contributed by atoms with van der Waals surface area (Å²) in [6, 6.07) is 9.38. The number of aryl methyl sites for hydroxylation is 1. The summed E-state index contributed by atoms with van der Waals surface area (Å²) in [6.07, 6.45) is 4.78. The molecule has 32 heavy (non-hydrogen) atoms. The number of methoxy groups -OCH3 is 1. The number of aromatic nitrogens is 3. The highest BCUT2D eigenvalue weighted by Crippen LogP contribution is 2.27. The molecule has 0 amide bonds. The van der Waals surface area contributed by atoms with Gasteiger partial charge in [-0.05, 0) is 35.2 Å². The number of hydrogen-bond donors (Lipinski definition) is 2. The molecule has 0 aromatic carbocycles. The number of anilines is 1. The molecule has 1 unspecified atom stereocenters. The maximum Gasteiger partial charge on any atom is 0.303 e. The lowest BCUT2D eigenvalue weighted by Crippen LogP contribution is -2.14. The zero-order valence-electron chi connectivity index (χ0n) is 17.9. The van der Waals surface area contributed by atoms with E-state index in [2.05, 4.69) is 26.5 Å². The Labute approximate surface area is 185 Å². The average Bonchev–Trinajstić information content (AvgIpc) is 3.25. The Morgan fingerprint density at radius 1 is 1.28 bits per heavy atom. The SMILES string of the molecule is COc1ccc(C(CC(=O)O)Cc2cc(OCCc3ccc4c(n3)NCCC4)no2)cn1. The van der Waals surface area contributed by atoms with E-state index in [-0.39, 0.29) is 12.3 Å². The van der Waals surface area contributed by atoms with Crippen molar-refractivity contribution in [3.05, 3.63) is 59.1 Å². The second-order valence-corrected chi connectivity index (χ2v) is 7.70. The predicted molar refractivity (Wildman–Crippen MR) is 116 cm³/mol. The van der Waals surface area contributed by atoms with Crippen LogP contribution in [0.1, 0.15) is 41.3 Å². The first-order chi connectivity index (χ1) is 15.6. The van der Waals surface area contributed by atoms with Gasteiger partial charge in [-0.15, -0.1) is 0 Å². The first-order valence-electron chi connectivity index (χ1n) is 10.6. The van der Waals surface area contributed by atoms with Crippen LogP contribution < -0.4 is 14.8 Å². The molecule has 0 saturated carbocycles. The predicted octanol–water partition coefficient (Wildman–Crippen LogP) is 3.25. The summed E-state index contributed by atoms with van der Waals surface area (Å²) in [5.74, 6) is 1.17. The molecule has 0 bridgehead atoms. The van der Waals surface area contributed by atoms with Crippen molar-refractivity contribution in [1.82, 2.24) is 15.1 Å². The summed E-state index contributed by atoms with van der Waals surface area (Å²) in [5, 5.41) is 16.6. The normalized spacial score (nSPS) is 13.7. The topological polar surface area (TPSA) is 120 Å². The van der Waals surface area contributed by atoms with Crippen LogP contribution in [0.15, 0.2) is 41.1 Å². The van der Waals surface area contributed by atoms with Gasteiger partial charge >= 0.3 is 5.97 Å². The van der Waals surface area contributed by atoms with Crippen LogP contribution in [0.3, 0.4) is 0 Å². The largest absolute Gasteiger partial charge is 0.481 e. The van der Waals surface area contributed by atoms with Crippen molar-refractivity contribution < 1.29 is 23.9 Å². The Morgan fingerprint density at radius 2 is 2.19 bits per heavy atom. The lowest BCUT2D eigenvalue weighted by molar-refractivity contribution is -0.137. The monoisotopic (exact) mass is 438 g/mol. The van der Waals surface area contributed by atoms with Crippen LogP contribution in [-0.2, 0) is 24.1 Å². The van der Waals surface area contributed by atoms with Crippen molar-refractivity contribution in [2.24, 2.45) is 0 Å². The number of carbonyl (C=O) groups is 1. The van der Waals surface area contributed by atoms with Crippen LogP contribution in [0.5, 0.6) is 11.8 Å². The Balaban J connectivity index is 1.34. The first-order valence-corrected chi connectivity index (χ1v) is 10.6. The summed E-state index contributed by atoms with van der Waals surface area (Å²) >= 11 is 0. The summed E-state index contributed by atoms with van der Waals surface area (Å²) < 4.78 is 16.2. The van der Waals surface area contributed by atoms with E-state index in [1.54, 1.807) is 18.3 Å². The van der Waals surface area contributed by atoms with Crippen LogP contribution >= 0.6 is 0 Å². The van der Waals surface area contributed by atoms with Crippen molar-refractivity contribution in [1.29, 1.82) is 0 Å². The van der Waals surface area contributed by atoms with Gasteiger partial charge < -0.3 is 24.4 Å². The van der Waals surface area contributed by atoms with Gasteiger partial charge in [0.05, 0.1) is 20.1 Å². The van der Waals surface area contributed by atoms with Gasteiger partial charge in [-0.2, -0.15) is 0 Å². The summed E-state index contributed by atoms with van der Waals surface area (Å²) in [5.41, 5.74) is 3.00. The van der Waals surface area contributed by atoms with E-state index < -0.39 is 5.97 Å². The van der Waals surface area contributed by atoms with Gasteiger partial charge in [0.15, 0.2) is 0 Å². The molecule has 9 heteroatoms. The van der Waals surface area contributed by atoms with Gasteiger partial charge in [0.2, 0.25) is 5.88 Å². The number of carboxylic acid groups (broad SMARTS) is 1. The minimum Gasteiger partial charge on any atom is -0.481 e. The average molecular weight is 438 g/mol. The third kappa shape index (κ3) is 5.54. The molecular formula is C23H26N4O5. The highest BCUT2D eigenvalue weighted by Gasteiger charge is 2.20. The van der Waals surface area contributed by atoms with Gasteiger partial charge in [0.1, 0.15) is 11.6 Å². The van der Waals surface area contributed by atoms with Crippen LogP contribution in [0, 0.1) is 0 Å². The molecule has 0 aliphatic carbocycles. The fraction of sp³-hybridized carbons (Fsp3) is 0.391. The molecular weight excluding hydrogens is 412 g/mol. The molecule has 0 spiro atoms. The second kappa shape index (κ2) is 10.1. The minimum absolute atomic E-state index is 0.0526. The molecule has 1 aliphatic heterocycles. The number of fused-ring (bicyclic) bond motifs is 1. The zero-order chi connectivity index (χ0) is 22.3. The summed E-state index contributed by atoms with van der Waals surface area (Å²) in [6.45, 7) is 1.37. The number of rotatable bonds is 10. The fourth-order valence-electron chi connectivity index (χ4n) is 3.74. The third-order valence-corrected chi connectivity index (χ3v) is 5.41. The van der Waals surface area contributed by atoms with E-state index in [4.69, 9.17) is 14.0 Å². The lowest BCUT2D eigenvalue weighted by Gasteiger charge is -2.17. The van der Waals surface area contributed by atoms with Gasteiger partial charge in [-0.1, -0.05) is 12.1 Å². The Hall–Kier alpha value is -3.62. The maximum absolute atomic E-state index is 11.3.